The molecule has 22 heavy (non-hydrogen) atoms. The van der Waals surface area contributed by atoms with Crippen LogP contribution in [0.3, 0.4) is 0 Å². The molecule has 5 rings (SSSR count). The summed E-state index contributed by atoms with van der Waals surface area (Å²) in [6.45, 7) is 0.333. The molecule has 1 aromatic rings. The van der Waals surface area contributed by atoms with Crippen molar-refractivity contribution < 1.29 is 22.8 Å². The topological polar surface area (TPSA) is 41.9 Å². The van der Waals surface area contributed by atoms with Crippen molar-refractivity contribution in [1.29, 1.82) is 1.43 Å². The fourth-order valence-corrected chi connectivity index (χ4v) is 4.37. The first-order valence-corrected chi connectivity index (χ1v) is 7.46. The van der Waals surface area contributed by atoms with Gasteiger partial charge < -0.3 is 19.5 Å². The van der Waals surface area contributed by atoms with Crippen molar-refractivity contribution in [2.45, 2.75) is 36.4 Å². The maximum atomic E-state index is 9.30. The summed E-state index contributed by atoms with van der Waals surface area (Å²) in [5, 5.41) is 4.83. The molecular formula is C18H21NO3. The normalized spacial score (nSPS) is 54.5. The van der Waals surface area contributed by atoms with E-state index in [0.29, 0.717) is 18.5 Å². The second-order valence-electron chi connectivity index (χ2n) is 6.27. The fraction of sp³-hybridized carbons (Fsp3) is 0.556. The van der Waals surface area contributed by atoms with Crippen LogP contribution in [0.1, 0.15) is 25.8 Å². The van der Waals surface area contributed by atoms with Gasteiger partial charge in [-0.25, -0.2) is 0 Å². The SMILES string of the molecule is [2H]OC1C=C[C@@H]2[C@@]34CCN(C)[C@]2([2H])C([2H])([2H])c2c([2H])c([2H])c(OC)c(c23)OC14[2H]. The van der Waals surface area contributed by atoms with Crippen LogP contribution in [0.25, 0.3) is 0 Å². The Morgan fingerprint density at radius 2 is 2.50 bits per heavy atom. The van der Waals surface area contributed by atoms with Gasteiger partial charge in [-0.05, 0) is 38.0 Å². The minimum absolute atomic E-state index is 0.0289. The molecule has 2 unspecified atom stereocenters. The van der Waals surface area contributed by atoms with E-state index in [1.165, 1.54) is 13.2 Å². The predicted octanol–water partition coefficient (Wildman–Crippen LogP) is 1.50. The van der Waals surface area contributed by atoms with Crippen LogP contribution in [0, 0.1) is 5.92 Å². The fourth-order valence-electron chi connectivity index (χ4n) is 4.37. The lowest BCUT2D eigenvalue weighted by Gasteiger charge is -2.56. The zero-order chi connectivity index (χ0) is 21.1. The molecule has 2 heterocycles. The molecule has 1 spiro atoms. The first kappa shape index (κ1) is 7.84. The first-order valence-electron chi connectivity index (χ1n) is 10.9. The van der Waals surface area contributed by atoms with Crippen LogP contribution in [0.4, 0.5) is 0 Å². The summed E-state index contributed by atoms with van der Waals surface area (Å²) in [7, 11) is 3.01. The molecule has 1 N–H and O–H groups in total. The Bertz CT molecular complexity index is 972. The third kappa shape index (κ3) is 1.28. The van der Waals surface area contributed by atoms with Gasteiger partial charge in [-0.3, -0.25) is 0 Å². The monoisotopic (exact) mass is 306 g/mol. The number of nitrogens with zero attached hydrogens (tertiary/aromatic N) is 1. The quantitative estimate of drug-likeness (QED) is 0.841. The molecule has 2 bridgehead atoms. The number of piperidine rings is 1. The van der Waals surface area contributed by atoms with E-state index in [2.05, 4.69) is 0 Å². The van der Waals surface area contributed by atoms with Crippen LogP contribution in [0.15, 0.2) is 24.2 Å². The van der Waals surface area contributed by atoms with Crippen molar-refractivity contribution in [3.8, 4) is 11.5 Å². The molecule has 1 saturated heterocycles. The van der Waals surface area contributed by atoms with Crippen molar-refractivity contribution in [3.05, 3.63) is 35.4 Å². The van der Waals surface area contributed by atoms with Crippen molar-refractivity contribution in [2.24, 2.45) is 5.92 Å². The Balaban J connectivity index is 2.00. The molecule has 1 fully saturated rings. The summed E-state index contributed by atoms with van der Waals surface area (Å²) in [4.78, 5) is 1.61. The molecule has 0 saturated carbocycles. The van der Waals surface area contributed by atoms with Crippen molar-refractivity contribution in [3.63, 3.8) is 0 Å². The molecule has 116 valence electrons. The molecule has 5 atom stereocenters. The Labute approximate surface area is 140 Å². The highest BCUT2D eigenvalue weighted by Crippen LogP contribution is 2.62. The van der Waals surface area contributed by atoms with Gasteiger partial charge in [0.05, 0.1) is 11.2 Å². The zero-order valence-electron chi connectivity index (χ0n) is 19.4. The van der Waals surface area contributed by atoms with E-state index in [1.54, 1.807) is 18.0 Å². The van der Waals surface area contributed by atoms with Gasteiger partial charge in [-0.15, -0.1) is 0 Å². The van der Waals surface area contributed by atoms with E-state index in [0.717, 1.165) is 0 Å². The molecule has 0 aromatic heterocycles. The number of methoxy groups -OCH3 is 1. The molecule has 2 aliphatic heterocycles. The van der Waals surface area contributed by atoms with Crippen LogP contribution in [-0.4, -0.2) is 50.3 Å². The van der Waals surface area contributed by atoms with Gasteiger partial charge in [-0.1, -0.05) is 18.2 Å². The lowest BCUT2D eigenvalue weighted by Crippen LogP contribution is -2.64. The lowest BCUT2D eigenvalue weighted by atomic mass is 9.53. The van der Waals surface area contributed by atoms with Crippen LogP contribution in [0.2, 0.25) is 0 Å². The van der Waals surface area contributed by atoms with Crippen LogP contribution in [-0.2, 0) is 11.8 Å². The molecule has 4 nitrogen and oxygen atoms in total. The molecule has 0 radical (unpaired) electrons. The lowest BCUT2D eigenvalue weighted by molar-refractivity contribution is -0.0453. The Hall–Kier alpha value is -1.52. The van der Waals surface area contributed by atoms with E-state index in [9.17, 15) is 2.74 Å². The standard InChI is InChI=1S/C18H21NO3/c1-19-8-7-18-11-4-5-13(20)17(18)22-16-14(21-2)6-3-10(15(16)18)9-12(11)19/h3-6,11-13,17,20H,7-9H2,1-2H3/t11-,12+,13?,17?,18-/m0/s1/i3D,6D,9D2,12D,17D,20D. The average Bonchev–Trinajstić information content (AvgIpc) is 2.93. The third-order valence-electron chi connectivity index (χ3n) is 5.35. The Morgan fingerprint density at radius 1 is 1.59 bits per heavy atom. The highest BCUT2D eigenvalue weighted by molar-refractivity contribution is 5.62. The number of likely N-dealkylation sites (tertiary alicyclic amines) is 1. The highest BCUT2D eigenvalue weighted by atomic mass is 16.5. The van der Waals surface area contributed by atoms with Gasteiger partial charge in [0, 0.05) is 27.0 Å². The van der Waals surface area contributed by atoms with Gasteiger partial charge in [0.1, 0.15) is 12.2 Å². The molecule has 1 aromatic carbocycles. The van der Waals surface area contributed by atoms with E-state index < -0.39 is 35.9 Å². The third-order valence-corrected chi connectivity index (χ3v) is 5.35. The first-order chi connectivity index (χ1) is 13.5. The maximum absolute atomic E-state index is 9.30. The van der Waals surface area contributed by atoms with E-state index >= 15 is 0 Å². The molecule has 4 heteroatoms. The van der Waals surface area contributed by atoms with Gasteiger partial charge >= 0.3 is 0 Å². The van der Waals surface area contributed by atoms with Crippen molar-refractivity contribution >= 4 is 0 Å². The number of aliphatic hydroxyl groups excluding tert-OH is 1. The van der Waals surface area contributed by atoms with E-state index in [1.807, 2.05) is 0 Å². The largest absolute Gasteiger partial charge is 0.493 e. The number of benzene rings is 1. The summed E-state index contributed by atoms with van der Waals surface area (Å²) >= 11 is 0. The van der Waals surface area contributed by atoms with E-state index in [-0.39, 0.29) is 29.1 Å². The number of hydrogen-bond acceptors (Lipinski definition) is 4. The Kier molecular flexibility index (Phi) is 1.45. The number of rotatable bonds is 2. The van der Waals surface area contributed by atoms with Crippen molar-refractivity contribution in [1.82, 2.24) is 4.90 Å². The smallest absolute Gasteiger partial charge is 0.211 e. The average molecular weight is 306 g/mol. The highest BCUT2D eigenvalue weighted by Gasteiger charge is 2.64. The second-order valence-corrected chi connectivity index (χ2v) is 6.27. The minimum Gasteiger partial charge on any atom is -0.493 e. The summed E-state index contributed by atoms with van der Waals surface area (Å²) in [6.07, 6.45) is -1.72. The molecule has 0 amide bonds. The van der Waals surface area contributed by atoms with Crippen LogP contribution in [0.5, 0.6) is 11.5 Å². The van der Waals surface area contributed by atoms with Gasteiger partial charge in [0.15, 0.2) is 11.5 Å². The van der Waals surface area contributed by atoms with Crippen LogP contribution < -0.4 is 9.47 Å². The van der Waals surface area contributed by atoms with Crippen molar-refractivity contribution in [2.75, 3.05) is 20.7 Å². The molecule has 4 aliphatic rings. The van der Waals surface area contributed by atoms with Gasteiger partial charge in [-0.2, -0.15) is 0 Å². The predicted molar refractivity (Wildman–Crippen MR) is 82.5 cm³/mol. The minimum atomic E-state index is -2.31. The summed E-state index contributed by atoms with van der Waals surface area (Å²) in [5.41, 5.74) is -0.971. The number of hydrogen-bond donors (Lipinski definition) is 1. The molecule has 2 aliphatic carbocycles. The molecular weight excluding hydrogens is 278 g/mol. The van der Waals surface area contributed by atoms with Crippen LogP contribution >= 0.6 is 0 Å². The zero-order valence-corrected chi connectivity index (χ0v) is 12.4. The van der Waals surface area contributed by atoms with E-state index in [4.69, 9.17) is 21.5 Å². The summed E-state index contributed by atoms with van der Waals surface area (Å²) < 4.78 is 72.3. The maximum Gasteiger partial charge on any atom is 0.211 e. The number of ether oxygens (including phenoxy) is 2. The number of aliphatic hydroxyl groups is 1. The van der Waals surface area contributed by atoms with Gasteiger partial charge in [0.25, 0.3) is 0 Å². The second kappa shape index (κ2) is 4.06. The summed E-state index contributed by atoms with van der Waals surface area (Å²) in [5.74, 6) is -0.745. The number of likely N-dealkylation sites (N-methyl/N-ethyl adjacent to an activating group) is 1. The van der Waals surface area contributed by atoms with Gasteiger partial charge in [0.2, 0.25) is 1.43 Å². The Morgan fingerprint density at radius 3 is 3.32 bits per heavy atom. The summed E-state index contributed by atoms with van der Waals surface area (Å²) in [6, 6.07) is -2.53.